The van der Waals surface area contributed by atoms with E-state index in [4.69, 9.17) is 13.8 Å². The summed E-state index contributed by atoms with van der Waals surface area (Å²) in [6.45, 7) is 4.11. The van der Waals surface area contributed by atoms with Gasteiger partial charge in [0.2, 0.25) is 0 Å². The Balaban J connectivity index is 1.58. The predicted molar refractivity (Wildman–Crippen MR) is 145 cm³/mol. The largest absolute Gasteiger partial charge is 0.454 e. The molecule has 0 saturated heterocycles. The summed E-state index contributed by atoms with van der Waals surface area (Å²) in [6, 6.07) is 30.1. The Kier molecular flexibility index (Phi) is 4.39. The molecule has 4 heteroatoms. The molecule has 0 fully saturated rings. The third kappa shape index (κ3) is 3.15. The van der Waals surface area contributed by atoms with Crippen LogP contribution in [0.5, 0.6) is 0 Å². The standard InChI is InChI=1S/C32H21NO3/c1-18-7-10-21(11-8-18)23-17-27(33-30-26-15-19(2)9-13-29(26)35-31(23)30)25-16-24-22-6-4-3-5-20(22)12-14-28(24)36-32(25)34/h3-17H,1-2H3. The molecule has 3 aromatic heterocycles. The number of hydrogen-bond acceptors (Lipinski definition) is 4. The lowest BCUT2D eigenvalue weighted by molar-refractivity contribution is 0.563. The normalized spacial score (nSPS) is 11.7. The first-order valence-corrected chi connectivity index (χ1v) is 11.9. The van der Waals surface area contributed by atoms with Crippen molar-refractivity contribution in [3.8, 4) is 22.4 Å². The molecular formula is C32H21NO3. The van der Waals surface area contributed by atoms with Crippen molar-refractivity contribution in [3.63, 3.8) is 0 Å². The first-order chi connectivity index (χ1) is 17.5. The number of aryl methyl sites for hydroxylation is 2. The molecule has 36 heavy (non-hydrogen) atoms. The lowest BCUT2D eigenvalue weighted by atomic mass is 9.99. The van der Waals surface area contributed by atoms with Crippen molar-refractivity contribution in [1.82, 2.24) is 4.98 Å². The van der Waals surface area contributed by atoms with Gasteiger partial charge in [0.15, 0.2) is 5.58 Å². The third-order valence-electron chi connectivity index (χ3n) is 6.86. The maximum atomic E-state index is 13.2. The van der Waals surface area contributed by atoms with Crippen LogP contribution < -0.4 is 5.63 Å². The van der Waals surface area contributed by atoms with Crippen LogP contribution in [0.3, 0.4) is 0 Å². The van der Waals surface area contributed by atoms with E-state index in [2.05, 4.69) is 43.3 Å². The van der Waals surface area contributed by atoms with Crippen molar-refractivity contribution >= 4 is 43.8 Å². The number of benzene rings is 4. The second-order valence-electron chi connectivity index (χ2n) is 9.35. The molecule has 0 atom stereocenters. The number of nitrogens with zero attached hydrogens (tertiary/aromatic N) is 1. The lowest BCUT2D eigenvalue weighted by Gasteiger charge is -2.09. The van der Waals surface area contributed by atoms with E-state index in [1.54, 1.807) is 0 Å². The molecule has 0 aliphatic heterocycles. The van der Waals surface area contributed by atoms with Gasteiger partial charge in [0.05, 0.1) is 11.3 Å². The maximum absolute atomic E-state index is 13.2. The molecule has 4 aromatic carbocycles. The van der Waals surface area contributed by atoms with Crippen molar-refractivity contribution in [2.24, 2.45) is 0 Å². The van der Waals surface area contributed by atoms with Gasteiger partial charge in [-0.25, -0.2) is 9.78 Å². The van der Waals surface area contributed by atoms with Gasteiger partial charge in [-0.15, -0.1) is 0 Å². The van der Waals surface area contributed by atoms with Gasteiger partial charge in [0.1, 0.15) is 16.7 Å². The predicted octanol–water partition coefficient (Wildman–Crippen LogP) is 8.19. The molecule has 0 N–H and O–H groups in total. The Morgan fingerprint density at radius 3 is 2.25 bits per heavy atom. The quantitative estimate of drug-likeness (QED) is 0.190. The summed E-state index contributed by atoms with van der Waals surface area (Å²) >= 11 is 0. The zero-order valence-electron chi connectivity index (χ0n) is 19.8. The Hall–Kier alpha value is -4.70. The van der Waals surface area contributed by atoms with Gasteiger partial charge in [-0.05, 0) is 60.5 Å². The number of aromatic nitrogens is 1. The Morgan fingerprint density at radius 2 is 1.39 bits per heavy atom. The molecule has 0 bridgehead atoms. The Labute approximate surface area is 206 Å². The van der Waals surface area contributed by atoms with E-state index in [9.17, 15) is 4.79 Å². The zero-order valence-corrected chi connectivity index (χ0v) is 19.8. The Morgan fingerprint density at radius 1 is 0.639 bits per heavy atom. The highest BCUT2D eigenvalue weighted by molar-refractivity contribution is 6.09. The van der Waals surface area contributed by atoms with Crippen LogP contribution in [0, 0.1) is 13.8 Å². The zero-order chi connectivity index (χ0) is 24.4. The van der Waals surface area contributed by atoms with Crippen molar-refractivity contribution in [2.75, 3.05) is 0 Å². The first kappa shape index (κ1) is 20.7. The fourth-order valence-corrected chi connectivity index (χ4v) is 4.98. The van der Waals surface area contributed by atoms with E-state index in [1.807, 2.05) is 61.5 Å². The average molecular weight is 468 g/mol. The van der Waals surface area contributed by atoms with E-state index in [0.29, 0.717) is 22.4 Å². The third-order valence-corrected chi connectivity index (χ3v) is 6.86. The van der Waals surface area contributed by atoms with Gasteiger partial charge in [-0.2, -0.15) is 0 Å². The molecule has 172 valence electrons. The monoisotopic (exact) mass is 467 g/mol. The molecule has 7 rings (SSSR count). The number of furan rings is 1. The maximum Gasteiger partial charge on any atom is 0.345 e. The van der Waals surface area contributed by atoms with E-state index in [-0.39, 0.29) is 0 Å². The molecule has 0 aliphatic carbocycles. The lowest BCUT2D eigenvalue weighted by Crippen LogP contribution is -2.04. The summed E-state index contributed by atoms with van der Waals surface area (Å²) in [5.41, 5.74) is 7.53. The average Bonchev–Trinajstić information content (AvgIpc) is 3.26. The van der Waals surface area contributed by atoms with Gasteiger partial charge < -0.3 is 8.83 Å². The van der Waals surface area contributed by atoms with E-state index in [0.717, 1.165) is 49.3 Å². The summed E-state index contributed by atoms with van der Waals surface area (Å²) in [5, 5.41) is 3.93. The van der Waals surface area contributed by atoms with Gasteiger partial charge in [-0.1, -0.05) is 71.8 Å². The van der Waals surface area contributed by atoms with Gasteiger partial charge >= 0.3 is 5.63 Å². The second-order valence-corrected chi connectivity index (χ2v) is 9.35. The van der Waals surface area contributed by atoms with Crippen molar-refractivity contribution < 1.29 is 8.83 Å². The first-order valence-electron chi connectivity index (χ1n) is 11.9. The summed E-state index contributed by atoms with van der Waals surface area (Å²) in [4.78, 5) is 18.2. The minimum atomic E-state index is -0.413. The summed E-state index contributed by atoms with van der Waals surface area (Å²) in [5.74, 6) is 0. The SMILES string of the molecule is Cc1ccc(-c2cc(-c3cc4c(ccc5ccccc54)oc3=O)nc3c2oc2ccc(C)cc23)cc1. The number of hydrogen-bond donors (Lipinski definition) is 0. The molecule has 7 aromatic rings. The number of fused-ring (bicyclic) bond motifs is 6. The number of pyridine rings is 1. The van der Waals surface area contributed by atoms with Crippen molar-refractivity contribution in [2.45, 2.75) is 13.8 Å². The molecule has 0 saturated carbocycles. The number of rotatable bonds is 2. The minimum absolute atomic E-state index is 0.413. The van der Waals surface area contributed by atoms with Gasteiger partial charge in [0, 0.05) is 16.3 Å². The molecular weight excluding hydrogens is 446 g/mol. The van der Waals surface area contributed by atoms with Crippen molar-refractivity contribution in [3.05, 3.63) is 113 Å². The highest BCUT2D eigenvalue weighted by Gasteiger charge is 2.19. The van der Waals surface area contributed by atoms with Crippen LogP contribution in [0.1, 0.15) is 11.1 Å². The molecule has 0 spiro atoms. The van der Waals surface area contributed by atoms with Crippen LogP contribution in [0.2, 0.25) is 0 Å². The topological polar surface area (TPSA) is 56.2 Å². The molecule has 0 unspecified atom stereocenters. The fraction of sp³-hybridized carbons (Fsp3) is 0.0625. The molecule has 4 nitrogen and oxygen atoms in total. The van der Waals surface area contributed by atoms with Crippen LogP contribution >= 0.6 is 0 Å². The van der Waals surface area contributed by atoms with Crippen LogP contribution in [-0.4, -0.2) is 4.98 Å². The van der Waals surface area contributed by atoms with Crippen LogP contribution in [0.25, 0.3) is 66.2 Å². The smallest absolute Gasteiger partial charge is 0.345 e. The van der Waals surface area contributed by atoms with E-state index in [1.165, 1.54) is 5.56 Å². The highest BCUT2D eigenvalue weighted by atomic mass is 16.4. The molecule has 0 amide bonds. The van der Waals surface area contributed by atoms with Crippen LogP contribution in [0.4, 0.5) is 0 Å². The highest BCUT2D eigenvalue weighted by Crippen LogP contribution is 2.38. The fourth-order valence-electron chi connectivity index (χ4n) is 4.98. The van der Waals surface area contributed by atoms with Crippen LogP contribution in [-0.2, 0) is 0 Å². The molecule has 0 radical (unpaired) electrons. The summed E-state index contributed by atoms with van der Waals surface area (Å²) in [7, 11) is 0. The second kappa shape index (κ2) is 7.65. The van der Waals surface area contributed by atoms with Gasteiger partial charge in [0.25, 0.3) is 0 Å². The van der Waals surface area contributed by atoms with Crippen molar-refractivity contribution in [1.29, 1.82) is 0 Å². The molecule has 0 aliphatic rings. The van der Waals surface area contributed by atoms with E-state index < -0.39 is 5.63 Å². The Bertz CT molecular complexity index is 2030. The van der Waals surface area contributed by atoms with Gasteiger partial charge in [-0.3, -0.25) is 0 Å². The van der Waals surface area contributed by atoms with Crippen LogP contribution in [0.15, 0.2) is 105 Å². The summed E-state index contributed by atoms with van der Waals surface area (Å²) in [6.07, 6.45) is 0. The summed E-state index contributed by atoms with van der Waals surface area (Å²) < 4.78 is 12.1. The minimum Gasteiger partial charge on any atom is -0.454 e. The van der Waals surface area contributed by atoms with E-state index >= 15 is 0 Å². The molecule has 3 heterocycles.